The van der Waals surface area contributed by atoms with Gasteiger partial charge in [-0.15, -0.1) is 0 Å². The predicted octanol–water partition coefficient (Wildman–Crippen LogP) is 5.25. The number of hydrogen-bond donors (Lipinski definition) is 1. The highest BCUT2D eigenvalue weighted by Gasteiger charge is 2.28. The summed E-state index contributed by atoms with van der Waals surface area (Å²) < 4.78 is 0. The standard InChI is InChI=1S/C26H30N4/c1-18-6-10-20(11-7-18)24-25(21-12-8-19(2)9-13-21)29-26-23(28-24)16-22(17-27-26)30-14-4-3-5-15-30/h6-13,22H,3-5,14-17H2,1-2H3,(H,27,29). The number of aromatic nitrogens is 2. The van der Waals surface area contributed by atoms with E-state index in [1.54, 1.807) is 0 Å². The molecule has 3 aromatic rings. The molecule has 2 aliphatic rings. The third kappa shape index (κ3) is 3.84. The maximum absolute atomic E-state index is 5.21. The molecule has 3 heterocycles. The van der Waals surface area contributed by atoms with Gasteiger partial charge in [0.05, 0.1) is 17.1 Å². The van der Waals surface area contributed by atoms with Gasteiger partial charge < -0.3 is 5.32 Å². The molecular weight excluding hydrogens is 368 g/mol. The summed E-state index contributed by atoms with van der Waals surface area (Å²) in [6.45, 7) is 7.61. The molecule has 0 amide bonds. The van der Waals surface area contributed by atoms with Crippen LogP contribution in [0, 0.1) is 13.8 Å². The van der Waals surface area contributed by atoms with Gasteiger partial charge in [-0.1, -0.05) is 66.1 Å². The van der Waals surface area contributed by atoms with Crippen molar-refractivity contribution in [2.24, 2.45) is 0 Å². The Hall–Kier alpha value is -2.72. The van der Waals surface area contributed by atoms with Gasteiger partial charge in [-0.25, -0.2) is 9.97 Å². The summed E-state index contributed by atoms with van der Waals surface area (Å²) in [4.78, 5) is 12.9. The molecule has 0 radical (unpaired) electrons. The van der Waals surface area contributed by atoms with Gasteiger partial charge in [0.1, 0.15) is 5.82 Å². The smallest absolute Gasteiger partial charge is 0.148 e. The van der Waals surface area contributed by atoms with Gasteiger partial charge in [0, 0.05) is 30.1 Å². The number of anilines is 1. The first-order chi connectivity index (χ1) is 14.7. The van der Waals surface area contributed by atoms with Crippen molar-refractivity contribution in [3.8, 4) is 22.5 Å². The van der Waals surface area contributed by atoms with Crippen molar-refractivity contribution in [1.82, 2.24) is 14.9 Å². The van der Waals surface area contributed by atoms with Crippen LogP contribution in [0.4, 0.5) is 5.82 Å². The number of hydrogen-bond acceptors (Lipinski definition) is 4. The van der Waals surface area contributed by atoms with Crippen LogP contribution in [0.3, 0.4) is 0 Å². The van der Waals surface area contributed by atoms with Gasteiger partial charge in [-0.05, 0) is 39.8 Å². The van der Waals surface area contributed by atoms with Gasteiger partial charge in [-0.3, -0.25) is 4.90 Å². The Bertz CT molecular complexity index is 1020. The van der Waals surface area contributed by atoms with Gasteiger partial charge in [0.25, 0.3) is 0 Å². The van der Waals surface area contributed by atoms with Crippen molar-refractivity contribution < 1.29 is 0 Å². The minimum atomic E-state index is 0.517. The lowest BCUT2D eigenvalue weighted by molar-refractivity contribution is 0.165. The second-order valence-corrected chi connectivity index (χ2v) is 8.78. The molecule has 30 heavy (non-hydrogen) atoms. The molecule has 1 saturated heterocycles. The summed E-state index contributed by atoms with van der Waals surface area (Å²) in [5.41, 5.74) is 7.80. The minimum Gasteiger partial charge on any atom is -0.367 e. The van der Waals surface area contributed by atoms with Gasteiger partial charge in [0.15, 0.2) is 0 Å². The van der Waals surface area contributed by atoms with E-state index in [9.17, 15) is 0 Å². The molecule has 1 unspecified atom stereocenters. The summed E-state index contributed by atoms with van der Waals surface area (Å²) in [6.07, 6.45) is 4.97. The Balaban J connectivity index is 1.56. The first kappa shape index (κ1) is 19.3. The Kier molecular flexibility index (Phi) is 5.26. The Morgan fingerprint density at radius 1 is 0.767 bits per heavy atom. The van der Waals surface area contributed by atoms with Crippen LogP contribution in [0.15, 0.2) is 48.5 Å². The average molecular weight is 399 g/mol. The van der Waals surface area contributed by atoms with Crippen LogP contribution in [-0.4, -0.2) is 40.5 Å². The second-order valence-electron chi connectivity index (χ2n) is 8.78. The molecule has 1 atom stereocenters. The highest BCUT2D eigenvalue weighted by atomic mass is 15.2. The van der Waals surface area contributed by atoms with Crippen LogP contribution in [0.5, 0.6) is 0 Å². The SMILES string of the molecule is Cc1ccc(-c2nc3c(nc2-c2ccc(C)cc2)NCC(N2CCCCC2)C3)cc1. The van der Waals surface area contributed by atoms with E-state index in [0.717, 1.165) is 47.0 Å². The lowest BCUT2D eigenvalue weighted by atomic mass is 9.99. The van der Waals surface area contributed by atoms with E-state index in [1.807, 2.05) is 0 Å². The molecule has 0 saturated carbocycles. The predicted molar refractivity (Wildman–Crippen MR) is 124 cm³/mol. The van der Waals surface area contributed by atoms with Crippen molar-refractivity contribution in [1.29, 1.82) is 0 Å². The van der Waals surface area contributed by atoms with Crippen molar-refractivity contribution in [2.45, 2.75) is 45.6 Å². The van der Waals surface area contributed by atoms with Crippen molar-refractivity contribution in [3.63, 3.8) is 0 Å². The number of benzene rings is 2. The molecule has 5 rings (SSSR count). The lowest BCUT2D eigenvalue weighted by Crippen LogP contribution is -2.46. The molecule has 154 valence electrons. The van der Waals surface area contributed by atoms with Crippen molar-refractivity contribution in [3.05, 3.63) is 65.4 Å². The Labute approximate surface area is 179 Å². The molecule has 2 aliphatic heterocycles. The number of piperidine rings is 1. The summed E-state index contributed by atoms with van der Waals surface area (Å²) in [6, 6.07) is 17.8. The fourth-order valence-electron chi connectivity index (χ4n) is 4.63. The molecular formula is C26H30N4. The summed E-state index contributed by atoms with van der Waals surface area (Å²) in [5.74, 6) is 0.953. The third-order valence-electron chi connectivity index (χ3n) is 6.46. The average Bonchev–Trinajstić information content (AvgIpc) is 2.79. The van der Waals surface area contributed by atoms with E-state index >= 15 is 0 Å². The van der Waals surface area contributed by atoms with E-state index in [1.165, 1.54) is 43.5 Å². The topological polar surface area (TPSA) is 41.1 Å². The number of aryl methyl sites for hydroxylation is 2. The molecule has 4 heteroatoms. The summed E-state index contributed by atoms with van der Waals surface area (Å²) in [5, 5.41) is 3.60. The Morgan fingerprint density at radius 2 is 1.33 bits per heavy atom. The minimum absolute atomic E-state index is 0.517. The highest BCUT2D eigenvalue weighted by molar-refractivity contribution is 5.79. The molecule has 1 fully saturated rings. The van der Waals surface area contributed by atoms with Crippen molar-refractivity contribution >= 4 is 5.82 Å². The summed E-state index contributed by atoms with van der Waals surface area (Å²) >= 11 is 0. The normalized spacial score (nSPS) is 19.2. The first-order valence-electron chi connectivity index (χ1n) is 11.2. The highest BCUT2D eigenvalue weighted by Crippen LogP contribution is 2.34. The van der Waals surface area contributed by atoms with Gasteiger partial charge in [0.2, 0.25) is 0 Å². The van der Waals surface area contributed by atoms with E-state index in [-0.39, 0.29) is 0 Å². The molecule has 1 aromatic heterocycles. The van der Waals surface area contributed by atoms with E-state index in [4.69, 9.17) is 9.97 Å². The van der Waals surface area contributed by atoms with Crippen LogP contribution in [0.1, 0.15) is 36.1 Å². The molecule has 0 bridgehead atoms. The quantitative estimate of drug-likeness (QED) is 0.654. The third-order valence-corrected chi connectivity index (χ3v) is 6.46. The van der Waals surface area contributed by atoms with Crippen LogP contribution in [-0.2, 0) is 6.42 Å². The molecule has 0 spiro atoms. The van der Waals surface area contributed by atoms with Crippen molar-refractivity contribution in [2.75, 3.05) is 25.0 Å². The van der Waals surface area contributed by atoms with Crippen LogP contribution in [0.2, 0.25) is 0 Å². The molecule has 2 aromatic carbocycles. The zero-order valence-corrected chi connectivity index (χ0v) is 18.0. The first-order valence-corrected chi connectivity index (χ1v) is 11.2. The monoisotopic (exact) mass is 398 g/mol. The number of nitrogens with one attached hydrogen (secondary N) is 1. The zero-order valence-electron chi connectivity index (χ0n) is 18.0. The van der Waals surface area contributed by atoms with Crippen LogP contribution in [0.25, 0.3) is 22.5 Å². The lowest BCUT2D eigenvalue weighted by Gasteiger charge is -2.37. The van der Waals surface area contributed by atoms with E-state index in [2.05, 4.69) is 72.6 Å². The van der Waals surface area contributed by atoms with Crippen LogP contribution >= 0.6 is 0 Å². The Morgan fingerprint density at radius 3 is 1.93 bits per heavy atom. The number of fused-ring (bicyclic) bond motifs is 1. The van der Waals surface area contributed by atoms with E-state index < -0.39 is 0 Å². The fourth-order valence-corrected chi connectivity index (χ4v) is 4.63. The van der Waals surface area contributed by atoms with Gasteiger partial charge in [-0.2, -0.15) is 0 Å². The number of rotatable bonds is 3. The summed E-state index contributed by atoms with van der Waals surface area (Å²) in [7, 11) is 0. The molecule has 4 nitrogen and oxygen atoms in total. The molecule has 0 aliphatic carbocycles. The maximum atomic E-state index is 5.21. The van der Waals surface area contributed by atoms with Crippen LogP contribution < -0.4 is 5.32 Å². The largest absolute Gasteiger partial charge is 0.367 e. The number of likely N-dealkylation sites (tertiary alicyclic amines) is 1. The van der Waals surface area contributed by atoms with Gasteiger partial charge >= 0.3 is 0 Å². The van der Waals surface area contributed by atoms with E-state index in [0.29, 0.717) is 6.04 Å². The molecule has 1 N–H and O–H groups in total. The number of nitrogens with zero attached hydrogens (tertiary/aromatic N) is 3. The second kappa shape index (κ2) is 8.19. The fraction of sp³-hybridized carbons (Fsp3) is 0.385. The maximum Gasteiger partial charge on any atom is 0.148 e. The zero-order chi connectivity index (χ0) is 20.5.